The monoisotopic (exact) mass is 397 g/mol. The first-order chi connectivity index (χ1) is 12.2. The average Bonchev–Trinajstić information content (AvgIpc) is 2.67. The van der Waals surface area contributed by atoms with Crippen LogP contribution < -0.4 is 10.1 Å². The van der Waals surface area contributed by atoms with Crippen LogP contribution in [0, 0.1) is 0 Å². The van der Waals surface area contributed by atoms with Gasteiger partial charge in [0.1, 0.15) is 5.75 Å². The molecule has 0 spiro atoms. The van der Waals surface area contributed by atoms with Gasteiger partial charge in [0.05, 0.1) is 18.4 Å². The molecular formula is C19H16BrN3O2. The van der Waals surface area contributed by atoms with Crippen molar-refractivity contribution >= 4 is 21.8 Å². The van der Waals surface area contributed by atoms with Gasteiger partial charge in [-0.15, -0.1) is 0 Å². The summed E-state index contributed by atoms with van der Waals surface area (Å²) in [6.45, 7) is 0.392. The summed E-state index contributed by atoms with van der Waals surface area (Å²) in [6, 6.07) is 13.0. The summed E-state index contributed by atoms with van der Waals surface area (Å²) in [7, 11) is 1.57. The minimum atomic E-state index is -0.179. The van der Waals surface area contributed by atoms with Gasteiger partial charge in [0.25, 0.3) is 5.91 Å². The van der Waals surface area contributed by atoms with E-state index in [-0.39, 0.29) is 5.91 Å². The van der Waals surface area contributed by atoms with E-state index >= 15 is 0 Å². The zero-order chi connectivity index (χ0) is 17.6. The molecule has 3 rings (SSSR count). The molecule has 1 aromatic carbocycles. The highest BCUT2D eigenvalue weighted by atomic mass is 79.9. The molecule has 0 aliphatic rings. The maximum atomic E-state index is 12.4. The maximum absolute atomic E-state index is 12.4. The molecule has 0 saturated carbocycles. The first-order valence-corrected chi connectivity index (χ1v) is 8.44. The van der Waals surface area contributed by atoms with Crippen LogP contribution in [0.5, 0.6) is 5.75 Å². The number of amides is 1. The maximum Gasteiger partial charge on any atom is 0.252 e. The second-order valence-electron chi connectivity index (χ2n) is 5.32. The van der Waals surface area contributed by atoms with Gasteiger partial charge in [-0.1, -0.05) is 6.07 Å². The van der Waals surface area contributed by atoms with Crippen molar-refractivity contribution in [3.05, 3.63) is 76.7 Å². The lowest BCUT2D eigenvalue weighted by molar-refractivity contribution is 0.0949. The lowest BCUT2D eigenvalue weighted by atomic mass is 10.1. The van der Waals surface area contributed by atoms with E-state index in [2.05, 4.69) is 31.2 Å². The molecule has 1 N–H and O–H groups in total. The van der Waals surface area contributed by atoms with E-state index in [1.54, 1.807) is 43.9 Å². The highest BCUT2D eigenvalue weighted by Crippen LogP contribution is 2.22. The Bertz CT molecular complexity index is 868. The van der Waals surface area contributed by atoms with Crippen molar-refractivity contribution in [1.82, 2.24) is 15.3 Å². The number of benzene rings is 1. The molecule has 5 nitrogen and oxygen atoms in total. The number of rotatable bonds is 5. The van der Waals surface area contributed by atoms with E-state index < -0.39 is 0 Å². The summed E-state index contributed by atoms with van der Waals surface area (Å²) in [5.74, 6) is 0.456. The average molecular weight is 398 g/mol. The summed E-state index contributed by atoms with van der Waals surface area (Å²) < 4.78 is 5.88. The Kier molecular flexibility index (Phi) is 5.40. The fourth-order valence-corrected chi connectivity index (χ4v) is 2.72. The van der Waals surface area contributed by atoms with Gasteiger partial charge in [-0.05, 0) is 57.9 Å². The smallest absolute Gasteiger partial charge is 0.252 e. The molecule has 0 aliphatic carbocycles. The van der Waals surface area contributed by atoms with E-state index in [1.165, 1.54) is 0 Å². The molecular weight excluding hydrogens is 382 g/mol. The number of hydrogen-bond acceptors (Lipinski definition) is 4. The van der Waals surface area contributed by atoms with E-state index in [1.807, 2.05) is 24.3 Å². The molecule has 126 valence electrons. The third kappa shape index (κ3) is 4.22. The molecule has 2 heterocycles. The third-order valence-electron chi connectivity index (χ3n) is 3.65. The highest BCUT2D eigenvalue weighted by Gasteiger charge is 2.11. The topological polar surface area (TPSA) is 64.1 Å². The number of hydrogen-bond donors (Lipinski definition) is 1. The fourth-order valence-electron chi connectivity index (χ4n) is 2.30. The molecule has 0 atom stereocenters. The number of carbonyl (C=O) groups is 1. The van der Waals surface area contributed by atoms with Crippen LogP contribution in [-0.2, 0) is 6.54 Å². The van der Waals surface area contributed by atoms with Crippen molar-refractivity contribution < 1.29 is 9.53 Å². The van der Waals surface area contributed by atoms with Gasteiger partial charge in [0, 0.05) is 35.2 Å². The van der Waals surface area contributed by atoms with Gasteiger partial charge in [0.2, 0.25) is 0 Å². The summed E-state index contributed by atoms with van der Waals surface area (Å²) in [5, 5.41) is 2.89. The molecule has 25 heavy (non-hydrogen) atoms. The Balaban J connectivity index is 1.66. The number of ether oxygens (including phenoxy) is 1. The number of nitrogens with zero attached hydrogens (tertiary/aromatic N) is 2. The predicted molar refractivity (Wildman–Crippen MR) is 99.3 cm³/mol. The summed E-state index contributed by atoms with van der Waals surface area (Å²) >= 11 is 3.39. The third-order valence-corrected chi connectivity index (χ3v) is 4.34. The van der Waals surface area contributed by atoms with Crippen LogP contribution in [0.15, 0.2) is 65.5 Å². The van der Waals surface area contributed by atoms with Crippen molar-refractivity contribution in [3.8, 4) is 17.0 Å². The highest BCUT2D eigenvalue weighted by molar-refractivity contribution is 9.10. The van der Waals surface area contributed by atoms with Crippen LogP contribution in [-0.4, -0.2) is 23.0 Å². The van der Waals surface area contributed by atoms with Crippen LogP contribution in [0.25, 0.3) is 11.3 Å². The van der Waals surface area contributed by atoms with Gasteiger partial charge in [-0.3, -0.25) is 14.8 Å². The van der Waals surface area contributed by atoms with Crippen LogP contribution in [0.3, 0.4) is 0 Å². The standard InChI is InChI=1S/C19H16BrN3O2/c1-25-15-5-6-17(20)16(9-15)19(24)23-11-13-4-7-18(22-10-13)14-3-2-8-21-12-14/h2-10,12H,11H2,1H3,(H,23,24). The molecule has 6 heteroatoms. The molecule has 0 bridgehead atoms. The number of carbonyl (C=O) groups excluding carboxylic acids is 1. The molecule has 3 aromatic rings. The van der Waals surface area contributed by atoms with Gasteiger partial charge >= 0.3 is 0 Å². The number of aromatic nitrogens is 2. The Labute approximate surface area is 154 Å². The molecule has 0 fully saturated rings. The Morgan fingerprint density at radius 3 is 2.76 bits per heavy atom. The quantitative estimate of drug-likeness (QED) is 0.709. The van der Waals surface area contributed by atoms with E-state index in [0.717, 1.165) is 21.3 Å². The molecule has 0 unspecified atom stereocenters. The minimum Gasteiger partial charge on any atom is -0.497 e. The number of nitrogens with one attached hydrogen (secondary N) is 1. The van der Waals surface area contributed by atoms with Crippen LogP contribution in [0.2, 0.25) is 0 Å². The Morgan fingerprint density at radius 1 is 1.20 bits per heavy atom. The first-order valence-electron chi connectivity index (χ1n) is 7.64. The summed E-state index contributed by atoms with van der Waals surface area (Å²) in [5.41, 5.74) is 3.25. The largest absolute Gasteiger partial charge is 0.497 e. The lowest BCUT2D eigenvalue weighted by Gasteiger charge is -2.09. The second-order valence-corrected chi connectivity index (χ2v) is 6.18. The number of methoxy groups -OCH3 is 1. The SMILES string of the molecule is COc1ccc(Br)c(C(=O)NCc2ccc(-c3cccnc3)nc2)c1. The lowest BCUT2D eigenvalue weighted by Crippen LogP contribution is -2.23. The molecule has 2 aromatic heterocycles. The Hall–Kier alpha value is -2.73. The molecule has 1 amide bonds. The van der Waals surface area contributed by atoms with Crippen molar-refractivity contribution in [1.29, 1.82) is 0 Å². The Morgan fingerprint density at radius 2 is 2.08 bits per heavy atom. The van der Waals surface area contributed by atoms with Crippen molar-refractivity contribution in [3.63, 3.8) is 0 Å². The molecule has 0 radical (unpaired) electrons. The fraction of sp³-hybridized carbons (Fsp3) is 0.105. The van der Waals surface area contributed by atoms with Crippen LogP contribution in [0.1, 0.15) is 15.9 Å². The van der Waals surface area contributed by atoms with Crippen molar-refractivity contribution in [2.24, 2.45) is 0 Å². The van der Waals surface area contributed by atoms with Crippen molar-refractivity contribution in [2.75, 3.05) is 7.11 Å². The van der Waals surface area contributed by atoms with Gasteiger partial charge in [-0.25, -0.2) is 0 Å². The summed E-state index contributed by atoms with van der Waals surface area (Å²) in [4.78, 5) is 20.9. The molecule has 0 saturated heterocycles. The predicted octanol–water partition coefficient (Wildman–Crippen LogP) is 3.84. The molecule has 0 aliphatic heterocycles. The zero-order valence-corrected chi connectivity index (χ0v) is 15.2. The summed E-state index contributed by atoms with van der Waals surface area (Å²) in [6.07, 6.45) is 5.25. The van der Waals surface area contributed by atoms with Gasteiger partial charge < -0.3 is 10.1 Å². The van der Waals surface area contributed by atoms with Crippen LogP contribution in [0.4, 0.5) is 0 Å². The van der Waals surface area contributed by atoms with Gasteiger partial charge in [0.15, 0.2) is 0 Å². The van der Waals surface area contributed by atoms with E-state index in [0.29, 0.717) is 17.9 Å². The van der Waals surface area contributed by atoms with E-state index in [4.69, 9.17) is 4.74 Å². The van der Waals surface area contributed by atoms with Crippen LogP contribution >= 0.6 is 15.9 Å². The van der Waals surface area contributed by atoms with E-state index in [9.17, 15) is 4.79 Å². The number of halogens is 1. The zero-order valence-electron chi connectivity index (χ0n) is 13.6. The van der Waals surface area contributed by atoms with Crippen molar-refractivity contribution in [2.45, 2.75) is 6.54 Å². The van der Waals surface area contributed by atoms with Gasteiger partial charge in [-0.2, -0.15) is 0 Å². The number of pyridine rings is 2. The second kappa shape index (κ2) is 7.90. The first kappa shape index (κ1) is 17.1. The minimum absolute atomic E-state index is 0.179. The normalized spacial score (nSPS) is 10.3.